The second-order valence-electron chi connectivity index (χ2n) is 0.785. The van der Waals surface area contributed by atoms with Crippen LogP contribution in [-0.2, 0) is 0 Å². The Balaban J connectivity index is -0.0000000575. The van der Waals surface area contributed by atoms with E-state index in [-0.39, 0.29) is 33.9 Å². The molecule has 0 atom stereocenters. The van der Waals surface area contributed by atoms with Gasteiger partial charge in [0.05, 0.1) is 0 Å². The monoisotopic (exact) mass is 160 g/mol. The average molecular weight is 160 g/mol. The maximum absolute atomic E-state index is 4.71. The molecule has 0 fully saturated rings. The Labute approximate surface area is 83.3 Å². The molecule has 0 saturated heterocycles. The van der Waals surface area contributed by atoms with E-state index < -0.39 is 0 Å². The summed E-state index contributed by atoms with van der Waals surface area (Å²) in [5, 5.41) is 3.50. The fourth-order valence-corrected chi connectivity index (χ4v) is 0. The summed E-state index contributed by atoms with van der Waals surface area (Å²) in [6, 6.07) is 0. The maximum Gasteiger partial charge on any atom is 1.00 e. The van der Waals surface area contributed by atoms with Gasteiger partial charge >= 0.3 is 29.6 Å². The van der Waals surface area contributed by atoms with E-state index in [1.54, 1.807) is 14.1 Å². The van der Waals surface area contributed by atoms with E-state index in [4.69, 9.17) is 5.73 Å². The Morgan fingerprint density at radius 1 is 1.62 bits per heavy atom. The van der Waals surface area contributed by atoms with Crippen LogP contribution in [0.3, 0.4) is 0 Å². The Hall–Kier alpha value is 1.20. The number of nitrogens with zero attached hydrogens (tertiary/aromatic N) is 1. The number of hydrogen-bond acceptors (Lipinski definition) is 1. The first-order valence-electron chi connectivity index (χ1n) is 1.61. The van der Waals surface area contributed by atoms with Crippen LogP contribution in [0, 0.1) is 0 Å². The molecule has 8 heavy (non-hydrogen) atoms. The maximum atomic E-state index is 4.71. The molecule has 2 nitrogen and oxygen atoms in total. The van der Waals surface area contributed by atoms with E-state index in [2.05, 4.69) is 30.2 Å². The summed E-state index contributed by atoms with van der Waals surface area (Å²) in [7, 11) is 3.50. The van der Waals surface area contributed by atoms with Crippen molar-refractivity contribution < 1.29 is 29.6 Å². The van der Waals surface area contributed by atoms with Crippen LogP contribution in [-0.4, -0.2) is 18.4 Å². The molecule has 0 saturated carbocycles. The molecule has 0 aliphatic rings. The van der Waals surface area contributed by atoms with Crippen LogP contribution in [0.1, 0.15) is 0 Å². The quantitative estimate of drug-likeness (QED) is 0.239. The topological polar surface area (TPSA) is 40.1 Å². The van der Waals surface area contributed by atoms with Gasteiger partial charge < -0.3 is 11.1 Å². The fraction of sp³-hybridized carbons (Fsp3) is 0.667. The molecule has 0 aliphatic heterocycles. The molecule has 0 aromatic heterocycles. The molecular weight excluding hydrogens is 151 g/mol. The number of hydrogen-bond donors (Lipinski definition) is 2. The van der Waals surface area contributed by atoms with Gasteiger partial charge in [0.25, 0.3) is 0 Å². The first-order chi connectivity index (χ1) is 3.15. The molecule has 0 aromatic rings. The van der Waals surface area contributed by atoms with Gasteiger partial charge in [-0.25, -0.2) is 0 Å². The first kappa shape index (κ1) is 16.1. The minimum atomic E-state index is 0. The molecule has 0 bridgehead atoms. The van der Waals surface area contributed by atoms with E-state index in [0.717, 1.165) is 0 Å². The Morgan fingerprint density at radius 2 is 1.62 bits per heavy atom. The zero-order chi connectivity index (χ0) is 6.28. The van der Waals surface area contributed by atoms with Crippen molar-refractivity contribution in [1.82, 2.24) is 0 Å². The van der Waals surface area contributed by atoms with E-state index in [9.17, 15) is 0 Å². The van der Waals surface area contributed by atoms with Crippen molar-refractivity contribution in [2.75, 3.05) is 14.1 Å². The van der Waals surface area contributed by atoms with Crippen molar-refractivity contribution >= 4 is 29.2 Å². The van der Waals surface area contributed by atoms with E-state index in [0.29, 0.717) is 0 Å². The van der Waals surface area contributed by atoms with Crippen LogP contribution < -0.4 is 35.3 Å². The summed E-state index contributed by atoms with van der Waals surface area (Å²) >= 11 is 7.65. The SMILES string of the molecule is C[N-]C.NC(=S)S.[Na+]. The van der Waals surface area contributed by atoms with Crippen LogP contribution in [0.4, 0.5) is 0 Å². The smallest absolute Gasteiger partial charge is 0.668 e. The molecule has 0 spiro atoms. The van der Waals surface area contributed by atoms with Gasteiger partial charge in [-0.15, -0.1) is 12.6 Å². The largest absolute Gasteiger partial charge is 1.00 e. The minimum Gasteiger partial charge on any atom is -0.668 e. The molecule has 0 unspecified atom stereocenters. The van der Waals surface area contributed by atoms with Gasteiger partial charge in [-0.3, -0.25) is 0 Å². The van der Waals surface area contributed by atoms with Crippen molar-refractivity contribution in [3.63, 3.8) is 0 Å². The van der Waals surface area contributed by atoms with Crippen molar-refractivity contribution in [2.24, 2.45) is 5.73 Å². The summed E-state index contributed by atoms with van der Waals surface area (Å²) in [6.07, 6.45) is 0. The third-order valence-electron chi connectivity index (χ3n) is 0. The number of thiocarbonyl (C=S) groups is 1. The summed E-state index contributed by atoms with van der Waals surface area (Å²) in [5.41, 5.74) is 4.71. The van der Waals surface area contributed by atoms with Crippen LogP contribution in [0.2, 0.25) is 0 Å². The van der Waals surface area contributed by atoms with Gasteiger partial charge in [0, 0.05) is 0 Å². The first-order valence-corrected chi connectivity index (χ1v) is 2.47. The Kier molecular flexibility index (Phi) is 31.6. The van der Waals surface area contributed by atoms with E-state index >= 15 is 0 Å². The van der Waals surface area contributed by atoms with Gasteiger partial charge in [0.2, 0.25) is 0 Å². The van der Waals surface area contributed by atoms with Gasteiger partial charge in [-0.05, 0) is 0 Å². The minimum absolute atomic E-state index is 0. The number of thiol groups is 1. The Bertz CT molecular complexity index is 46.5. The molecule has 44 valence electrons. The van der Waals surface area contributed by atoms with Gasteiger partial charge in [0.15, 0.2) is 0 Å². The molecule has 2 N–H and O–H groups in total. The fourth-order valence-electron chi connectivity index (χ4n) is 0. The Morgan fingerprint density at radius 3 is 1.62 bits per heavy atom. The normalized spacial score (nSPS) is 5.38. The molecule has 0 amide bonds. The van der Waals surface area contributed by atoms with E-state index in [1.165, 1.54) is 0 Å². The summed E-state index contributed by atoms with van der Waals surface area (Å²) < 4.78 is 0.194. The zero-order valence-corrected chi connectivity index (χ0v) is 9.09. The van der Waals surface area contributed by atoms with Crippen molar-refractivity contribution in [3.05, 3.63) is 5.32 Å². The van der Waals surface area contributed by atoms with Crippen molar-refractivity contribution in [1.29, 1.82) is 0 Å². The molecule has 0 aromatic carbocycles. The average Bonchev–Trinajstić information content (AvgIpc) is 1.33. The summed E-state index contributed by atoms with van der Waals surface area (Å²) in [5.74, 6) is 0. The molecule has 0 radical (unpaired) electrons. The second-order valence-corrected chi connectivity index (χ2v) is 2.01. The number of nitrogens with two attached hydrogens (primary N) is 1. The molecule has 0 rings (SSSR count). The molecule has 0 heterocycles. The standard InChI is InChI=1S/C2H6N.CH3NS2.Na/c1-3-2;2-1(3)4;/h1-2H3;(H3,2,3,4);/q-1;;+1. The molecule has 5 heteroatoms. The van der Waals surface area contributed by atoms with Gasteiger partial charge in [-0.1, -0.05) is 12.2 Å². The second kappa shape index (κ2) is 15.7. The zero-order valence-electron chi connectivity index (χ0n) is 5.38. The van der Waals surface area contributed by atoms with Crippen molar-refractivity contribution in [3.8, 4) is 0 Å². The van der Waals surface area contributed by atoms with Crippen LogP contribution >= 0.6 is 24.8 Å². The number of rotatable bonds is 0. The summed E-state index contributed by atoms with van der Waals surface area (Å²) in [6.45, 7) is 0. The van der Waals surface area contributed by atoms with Gasteiger partial charge in [0.1, 0.15) is 4.32 Å². The van der Waals surface area contributed by atoms with E-state index in [1.807, 2.05) is 0 Å². The van der Waals surface area contributed by atoms with Crippen molar-refractivity contribution in [2.45, 2.75) is 0 Å². The third-order valence-corrected chi connectivity index (χ3v) is 0. The van der Waals surface area contributed by atoms with Crippen LogP contribution in [0.15, 0.2) is 0 Å². The third kappa shape index (κ3) is 192. The predicted octanol–water partition coefficient (Wildman–Crippen LogP) is -2.22. The van der Waals surface area contributed by atoms with Crippen LogP contribution in [0.5, 0.6) is 0 Å². The molecular formula is C3H9N2NaS2. The predicted molar refractivity (Wildman–Crippen MR) is 41.0 cm³/mol. The van der Waals surface area contributed by atoms with Crippen LogP contribution in [0.25, 0.3) is 5.32 Å². The van der Waals surface area contributed by atoms with Gasteiger partial charge in [-0.2, -0.15) is 14.1 Å². The summed E-state index contributed by atoms with van der Waals surface area (Å²) in [4.78, 5) is 0. The molecule has 0 aliphatic carbocycles.